The van der Waals surface area contributed by atoms with Crippen LogP contribution in [0.25, 0.3) is 22.0 Å². The smallest absolute Gasteiger partial charge is 0.274 e. The number of hydrogen-bond acceptors (Lipinski definition) is 10. The second kappa shape index (κ2) is 17.3. The molecule has 2 aromatic carbocycles. The molecule has 2 saturated carbocycles. The fourth-order valence-corrected chi connectivity index (χ4v) is 9.05. The maximum Gasteiger partial charge on any atom is 0.274 e. The maximum atomic E-state index is 13.1. The molecule has 5 aromatic rings. The number of aromatic nitrogens is 4. The molecule has 0 radical (unpaired) electrons. The zero-order chi connectivity index (χ0) is 42.1. The van der Waals surface area contributed by atoms with Crippen LogP contribution in [0.15, 0.2) is 71.8 Å². The van der Waals surface area contributed by atoms with Crippen LogP contribution in [0.3, 0.4) is 0 Å². The summed E-state index contributed by atoms with van der Waals surface area (Å²) in [4.78, 5) is 33.7. The molecule has 0 unspecified atom stereocenters. The number of nitrogens with zero attached hydrogens (tertiary/aromatic N) is 6. The minimum Gasteiger partial charge on any atom is -0.490 e. The number of pyridine rings is 1. The highest BCUT2D eigenvalue weighted by Gasteiger charge is 2.36. The number of nitrogens with one attached hydrogen (secondary N) is 2. The van der Waals surface area contributed by atoms with Crippen LogP contribution >= 0.6 is 11.6 Å². The first-order valence-corrected chi connectivity index (χ1v) is 21.4. The molecule has 3 fully saturated rings. The van der Waals surface area contributed by atoms with Crippen molar-refractivity contribution < 1.29 is 19.4 Å². The summed E-state index contributed by atoms with van der Waals surface area (Å²) in [5.74, 6) is 2.55. The fraction of sp³-hybridized carbons (Fsp3) is 0.457. The number of carbonyl (C=O) groups is 1. The summed E-state index contributed by atoms with van der Waals surface area (Å²) < 4.78 is 14.3. The lowest BCUT2D eigenvalue weighted by atomic mass is 9.86. The van der Waals surface area contributed by atoms with Gasteiger partial charge < -0.3 is 39.2 Å². The van der Waals surface area contributed by atoms with Crippen LogP contribution in [0.2, 0.25) is 5.02 Å². The summed E-state index contributed by atoms with van der Waals surface area (Å²) in [6.07, 6.45) is 10.9. The zero-order valence-corrected chi connectivity index (χ0v) is 35.4. The molecule has 3 aromatic heterocycles. The number of piperidine rings is 1. The van der Waals surface area contributed by atoms with E-state index in [1.165, 1.54) is 0 Å². The second-order valence-electron chi connectivity index (χ2n) is 17.3. The van der Waals surface area contributed by atoms with E-state index >= 15 is 0 Å². The van der Waals surface area contributed by atoms with Gasteiger partial charge in [-0.05, 0) is 113 Å². The Morgan fingerprint density at radius 3 is 2.45 bits per heavy atom. The number of ether oxygens (including phenoxy) is 2. The molecule has 0 bridgehead atoms. The molecule has 60 heavy (non-hydrogen) atoms. The van der Waals surface area contributed by atoms with Gasteiger partial charge in [0, 0.05) is 86.6 Å². The molecule has 314 valence electrons. The Kier molecular flexibility index (Phi) is 11.9. The Balaban J connectivity index is 0.784. The minimum atomic E-state index is -1.03. The van der Waals surface area contributed by atoms with E-state index in [0.29, 0.717) is 39.5 Å². The predicted octanol–water partition coefficient (Wildman–Crippen LogP) is 6.95. The van der Waals surface area contributed by atoms with E-state index in [1.54, 1.807) is 55.9 Å². The van der Waals surface area contributed by atoms with Gasteiger partial charge in [0.1, 0.15) is 29.2 Å². The lowest BCUT2D eigenvalue weighted by Gasteiger charge is -2.43. The van der Waals surface area contributed by atoms with Gasteiger partial charge in [0.2, 0.25) is 0 Å². The van der Waals surface area contributed by atoms with Crippen LogP contribution < -0.4 is 25.2 Å². The van der Waals surface area contributed by atoms with E-state index < -0.39 is 5.60 Å². The monoisotopic (exact) mass is 832 g/mol. The van der Waals surface area contributed by atoms with Crippen molar-refractivity contribution in [3.8, 4) is 28.7 Å². The Bertz CT molecular complexity index is 2430. The number of H-pyrrole nitrogens is 1. The number of aromatic amines is 1. The van der Waals surface area contributed by atoms with Gasteiger partial charge in [0.15, 0.2) is 11.5 Å². The molecule has 14 heteroatoms. The summed E-state index contributed by atoms with van der Waals surface area (Å²) in [7, 11) is 3.97. The van der Waals surface area contributed by atoms with E-state index in [4.69, 9.17) is 26.3 Å². The molecule has 1 amide bonds. The van der Waals surface area contributed by atoms with Crippen LogP contribution in [0.1, 0.15) is 86.8 Å². The highest BCUT2D eigenvalue weighted by molar-refractivity contribution is 6.31. The predicted molar refractivity (Wildman–Crippen MR) is 232 cm³/mol. The van der Waals surface area contributed by atoms with Crippen LogP contribution in [0.4, 0.5) is 5.82 Å². The van der Waals surface area contributed by atoms with Gasteiger partial charge in [0.05, 0.1) is 22.3 Å². The van der Waals surface area contributed by atoms with E-state index in [0.717, 1.165) is 105 Å². The normalized spacial score (nSPS) is 21.1. The average molecular weight is 833 g/mol. The summed E-state index contributed by atoms with van der Waals surface area (Å²) in [5, 5.41) is 33.0. The SMILES string of the molecule is Cn1cc(-c2cc(C(C)(C)O)ccc2O[C@H]2C[C@H](N(C)CC3CCN(c4ccc(C(=O)N[C@H]5CC[C@H](Oc6ccc(C#N)c(Cl)c6)CC5)nn4)CC3)C2)c2cc[nH]c2c1=O. The highest BCUT2D eigenvalue weighted by atomic mass is 35.5. The molecule has 13 nitrogen and oxygen atoms in total. The first-order chi connectivity index (χ1) is 28.8. The Morgan fingerprint density at radius 1 is 1.00 bits per heavy atom. The van der Waals surface area contributed by atoms with Crippen LogP contribution in [-0.4, -0.2) is 86.6 Å². The van der Waals surface area contributed by atoms with E-state index in [1.807, 2.05) is 36.5 Å². The van der Waals surface area contributed by atoms with E-state index in [-0.39, 0.29) is 29.7 Å². The van der Waals surface area contributed by atoms with Gasteiger partial charge in [-0.1, -0.05) is 17.7 Å². The van der Waals surface area contributed by atoms with E-state index in [9.17, 15) is 14.7 Å². The van der Waals surface area contributed by atoms with E-state index in [2.05, 4.69) is 43.4 Å². The van der Waals surface area contributed by atoms with Crippen molar-refractivity contribution >= 4 is 34.2 Å². The van der Waals surface area contributed by atoms with Gasteiger partial charge in [-0.25, -0.2) is 0 Å². The van der Waals surface area contributed by atoms with Gasteiger partial charge in [-0.3, -0.25) is 9.59 Å². The fourth-order valence-electron chi connectivity index (χ4n) is 8.83. The molecule has 4 heterocycles. The van der Waals surface area contributed by atoms with Crippen molar-refractivity contribution in [2.75, 3.05) is 31.6 Å². The van der Waals surface area contributed by atoms with Crippen LogP contribution in [0.5, 0.6) is 11.5 Å². The molecule has 8 rings (SSSR count). The largest absolute Gasteiger partial charge is 0.490 e. The van der Waals surface area contributed by atoms with Crippen LogP contribution in [-0.2, 0) is 12.6 Å². The quantitative estimate of drug-likeness (QED) is 0.120. The van der Waals surface area contributed by atoms with Crippen molar-refractivity contribution in [3.05, 3.63) is 99.2 Å². The molecule has 0 atom stereocenters. The van der Waals surface area contributed by atoms with Crippen molar-refractivity contribution in [1.82, 2.24) is 30.0 Å². The third-order valence-electron chi connectivity index (χ3n) is 12.6. The molecular formula is C46H53ClN8O5. The first-order valence-electron chi connectivity index (χ1n) is 21.0. The number of fused-ring (bicyclic) bond motifs is 1. The molecule has 1 saturated heterocycles. The number of amides is 1. The highest BCUT2D eigenvalue weighted by Crippen LogP contribution is 2.40. The molecule has 1 aliphatic heterocycles. The summed E-state index contributed by atoms with van der Waals surface area (Å²) in [6, 6.07) is 19.1. The Morgan fingerprint density at radius 2 is 1.77 bits per heavy atom. The Labute approximate surface area is 355 Å². The third kappa shape index (κ3) is 9.01. The van der Waals surface area contributed by atoms with Gasteiger partial charge in [-0.2, -0.15) is 5.26 Å². The average Bonchev–Trinajstić information content (AvgIpc) is 3.72. The molecule has 3 aliphatic rings. The molecular weight excluding hydrogens is 780 g/mol. The number of nitriles is 1. The number of aryl methyl sites for hydroxylation is 1. The van der Waals surface area contributed by atoms with Crippen molar-refractivity contribution in [3.63, 3.8) is 0 Å². The molecule has 0 spiro atoms. The number of benzene rings is 2. The van der Waals surface area contributed by atoms with Crippen molar-refractivity contribution in [2.24, 2.45) is 13.0 Å². The molecule has 3 N–H and O–H groups in total. The Hall–Kier alpha value is -5.42. The zero-order valence-electron chi connectivity index (χ0n) is 34.7. The second-order valence-corrected chi connectivity index (χ2v) is 17.7. The number of rotatable bonds is 12. The maximum absolute atomic E-state index is 13.1. The lowest BCUT2D eigenvalue weighted by Crippen LogP contribution is -2.50. The number of carbonyl (C=O) groups excluding carboxylic acids is 1. The van der Waals surface area contributed by atoms with Gasteiger partial charge in [-0.15, -0.1) is 10.2 Å². The standard InChI is InChI=1S/C46H53ClN8O5/c1-46(2,58)30-6-13-41(37(21-30)38-27-54(4)45(57)43-36(38)15-18-49-43)60-35-22-32(23-35)53(3)26-28-16-19-55(20-17-28)42-14-12-40(51-52-42)44(56)50-31-7-10-33(11-8-31)59-34-9-5-29(25-48)39(47)24-34/h5-6,9,12-15,18,21,24,27-28,31-33,35,49,58H,7-8,10-11,16-17,19-20,22-23,26H2,1-4H3,(H,50,56)/t31-,32-,33-,35-. The molecule has 2 aliphatic carbocycles. The minimum absolute atomic E-state index is 0.0273. The van der Waals surface area contributed by atoms with Gasteiger partial charge >= 0.3 is 0 Å². The van der Waals surface area contributed by atoms with Crippen molar-refractivity contribution in [1.29, 1.82) is 5.26 Å². The van der Waals surface area contributed by atoms with Crippen LogP contribution in [0, 0.1) is 17.2 Å². The number of aliphatic hydroxyl groups is 1. The summed E-state index contributed by atoms with van der Waals surface area (Å²) in [5.41, 5.74) is 2.67. The first kappa shape index (κ1) is 41.3. The summed E-state index contributed by atoms with van der Waals surface area (Å²) >= 11 is 6.16. The number of hydrogen-bond donors (Lipinski definition) is 3. The third-order valence-corrected chi connectivity index (χ3v) is 12.9. The summed E-state index contributed by atoms with van der Waals surface area (Å²) in [6.45, 7) is 6.33. The van der Waals surface area contributed by atoms with Crippen molar-refractivity contribution in [2.45, 2.75) is 95.1 Å². The number of anilines is 1. The lowest BCUT2D eigenvalue weighted by molar-refractivity contribution is 0.0215. The van der Waals surface area contributed by atoms with Gasteiger partial charge in [0.25, 0.3) is 11.5 Å². The topological polar surface area (TPSA) is 162 Å². The number of halogens is 1.